The lowest BCUT2D eigenvalue weighted by Crippen LogP contribution is -2.33. The summed E-state index contributed by atoms with van der Waals surface area (Å²) >= 11 is 1.25. The zero-order valence-electron chi connectivity index (χ0n) is 35.0. The van der Waals surface area contributed by atoms with E-state index in [0.717, 1.165) is 125 Å². The Balaban J connectivity index is 1.38. The Morgan fingerprint density at radius 1 is 0.650 bits per heavy atom. The number of hydrogen-bond acceptors (Lipinski definition) is 9. The number of ketones is 1. The molecule has 2 heterocycles. The summed E-state index contributed by atoms with van der Waals surface area (Å²) in [5, 5.41) is 20.4. The summed E-state index contributed by atoms with van der Waals surface area (Å²) in [6, 6.07) is 24.1. The van der Waals surface area contributed by atoms with Crippen molar-refractivity contribution in [1.82, 2.24) is 14.9 Å². The molecule has 0 spiro atoms. The first-order valence-corrected chi connectivity index (χ1v) is 22.6. The van der Waals surface area contributed by atoms with Crippen molar-refractivity contribution in [3.05, 3.63) is 100 Å². The van der Waals surface area contributed by atoms with Crippen molar-refractivity contribution in [2.75, 3.05) is 32.7 Å². The molecule has 60 heavy (non-hydrogen) atoms. The van der Waals surface area contributed by atoms with Gasteiger partial charge in [0, 0.05) is 52.2 Å². The van der Waals surface area contributed by atoms with Crippen molar-refractivity contribution in [3.63, 3.8) is 0 Å². The van der Waals surface area contributed by atoms with E-state index in [-0.39, 0.29) is 23.9 Å². The Hall–Kier alpha value is -4.85. The molecule has 9 N–H and O–H groups in total. The molecule has 12 heteroatoms. The Labute approximate surface area is 358 Å². The van der Waals surface area contributed by atoms with Gasteiger partial charge in [0.15, 0.2) is 0 Å². The van der Waals surface area contributed by atoms with Crippen molar-refractivity contribution < 1.29 is 24.7 Å². The molecule has 0 bridgehead atoms. The standard InChI is InChI=1S/C48H64N6O5S/c49-24-9-5-1-3-7-12-27-53(28-13-8-4-2-6-10-25-50)48(58)36-20-18-35(19-21-36)42-31-37-22-23-38(32-43(37)54(42)29-14-11-26-51)46(57)44-33-40(34-45(56)52-59)47(60-44)39-16-15-17-41(55)30-39/h15-23,30-33,55,59H,1-14,24-29,34,49-51H2,(H,52,56). The van der Waals surface area contributed by atoms with E-state index in [2.05, 4.69) is 10.6 Å². The molecule has 0 aliphatic rings. The highest BCUT2D eigenvalue weighted by Crippen LogP contribution is 2.37. The number of aryl methyl sites for hydroxylation is 1. The van der Waals surface area contributed by atoms with Gasteiger partial charge in [0.1, 0.15) is 5.75 Å². The largest absolute Gasteiger partial charge is 0.508 e. The monoisotopic (exact) mass is 836 g/mol. The highest BCUT2D eigenvalue weighted by atomic mass is 32.1. The number of aromatic nitrogens is 1. The molecular formula is C48H64N6O5S. The van der Waals surface area contributed by atoms with Crippen LogP contribution in [0.5, 0.6) is 5.75 Å². The van der Waals surface area contributed by atoms with Gasteiger partial charge in [-0.05, 0) is 117 Å². The van der Waals surface area contributed by atoms with Crippen molar-refractivity contribution in [2.24, 2.45) is 17.2 Å². The van der Waals surface area contributed by atoms with E-state index in [4.69, 9.17) is 17.2 Å². The molecule has 0 fully saturated rings. The van der Waals surface area contributed by atoms with Gasteiger partial charge in [0.25, 0.3) is 5.91 Å². The number of aromatic hydroxyl groups is 1. The predicted octanol–water partition coefficient (Wildman–Crippen LogP) is 8.80. The van der Waals surface area contributed by atoms with E-state index >= 15 is 0 Å². The molecule has 0 aliphatic carbocycles. The third-order valence-electron chi connectivity index (χ3n) is 11.1. The van der Waals surface area contributed by atoms with Crippen LogP contribution in [0, 0.1) is 0 Å². The minimum absolute atomic E-state index is 0.0675. The van der Waals surface area contributed by atoms with Crippen LogP contribution in [0.1, 0.15) is 121 Å². The molecule has 2 aromatic heterocycles. The van der Waals surface area contributed by atoms with Gasteiger partial charge in [-0.1, -0.05) is 87.8 Å². The van der Waals surface area contributed by atoms with Crippen LogP contribution >= 0.6 is 11.3 Å². The maximum absolute atomic E-state index is 14.1. The van der Waals surface area contributed by atoms with Crippen LogP contribution < -0.4 is 22.7 Å². The van der Waals surface area contributed by atoms with E-state index in [0.29, 0.717) is 45.1 Å². The zero-order valence-corrected chi connectivity index (χ0v) is 35.8. The minimum Gasteiger partial charge on any atom is -0.508 e. The van der Waals surface area contributed by atoms with E-state index in [1.165, 1.54) is 24.2 Å². The third-order valence-corrected chi connectivity index (χ3v) is 12.3. The lowest BCUT2D eigenvalue weighted by atomic mass is 10.0. The number of fused-ring (bicyclic) bond motifs is 1. The summed E-state index contributed by atoms with van der Waals surface area (Å²) in [7, 11) is 0. The third kappa shape index (κ3) is 13.1. The van der Waals surface area contributed by atoms with Crippen molar-refractivity contribution in [1.29, 1.82) is 0 Å². The SMILES string of the molecule is NCCCCCCCCN(CCCCCCCCN)C(=O)c1ccc(-c2cc3ccc(C(=O)c4cc(CC(=O)NO)c(-c5cccc(O)c5)s4)cc3n2CCCCN)cc1. The lowest BCUT2D eigenvalue weighted by molar-refractivity contribution is -0.128. The van der Waals surface area contributed by atoms with Crippen molar-refractivity contribution in [3.8, 4) is 27.4 Å². The summed E-state index contributed by atoms with van der Waals surface area (Å²) in [6.07, 6.45) is 14.9. The maximum Gasteiger partial charge on any atom is 0.253 e. The average molecular weight is 837 g/mol. The van der Waals surface area contributed by atoms with Gasteiger partial charge in [-0.15, -0.1) is 11.3 Å². The summed E-state index contributed by atoms with van der Waals surface area (Å²) in [6.45, 7) is 4.26. The fourth-order valence-electron chi connectivity index (χ4n) is 7.80. The Kier molecular flexibility index (Phi) is 18.8. The Bertz CT molecular complexity index is 2110. The number of nitrogens with one attached hydrogen (secondary N) is 1. The number of hydroxylamine groups is 1. The lowest BCUT2D eigenvalue weighted by Gasteiger charge is -2.23. The molecule has 322 valence electrons. The molecule has 2 amide bonds. The van der Waals surface area contributed by atoms with Gasteiger partial charge >= 0.3 is 0 Å². The highest BCUT2D eigenvalue weighted by Gasteiger charge is 2.22. The zero-order chi connectivity index (χ0) is 42.7. The number of carbonyl (C=O) groups excluding carboxylic acids is 3. The Morgan fingerprint density at radius 3 is 1.87 bits per heavy atom. The summed E-state index contributed by atoms with van der Waals surface area (Å²) < 4.78 is 2.23. The second-order valence-electron chi connectivity index (χ2n) is 15.7. The number of thiophene rings is 1. The van der Waals surface area contributed by atoms with Crippen LogP contribution in [0.4, 0.5) is 0 Å². The van der Waals surface area contributed by atoms with Crippen LogP contribution in [0.15, 0.2) is 78.9 Å². The van der Waals surface area contributed by atoms with Gasteiger partial charge in [0.05, 0.1) is 11.3 Å². The second-order valence-corrected chi connectivity index (χ2v) is 16.7. The molecule has 5 aromatic rings. The minimum atomic E-state index is -0.604. The molecule has 0 aliphatic heterocycles. The van der Waals surface area contributed by atoms with Gasteiger partial charge in [-0.25, -0.2) is 5.48 Å². The fraction of sp³-hybridized carbons (Fsp3) is 0.438. The summed E-state index contributed by atoms with van der Waals surface area (Å²) in [5.41, 5.74) is 24.2. The van der Waals surface area contributed by atoms with E-state index in [1.54, 1.807) is 29.7 Å². The molecule has 5 rings (SSSR count). The predicted molar refractivity (Wildman–Crippen MR) is 244 cm³/mol. The van der Waals surface area contributed by atoms with Crippen LogP contribution in [0.2, 0.25) is 0 Å². The molecule has 3 aromatic carbocycles. The van der Waals surface area contributed by atoms with E-state index < -0.39 is 5.91 Å². The van der Waals surface area contributed by atoms with E-state index in [1.807, 2.05) is 53.4 Å². The number of unbranched alkanes of at least 4 members (excludes halogenated alkanes) is 11. The number of phenols is 1. The quantitative estimate of drug-likeness (QED) is 0.0131. The topological polar surface area (TPSA) is 190 Å². The van der Waals surface area contributed by atoms with Crippen LogP contribution in [0.3, 0.4) is 0 Å². The van der Waals surface area contributed by atoms with Crippen LogP contribution in [-0.2, 0) is 17.8 Å². The maximum atomic E-state index is 14.1. The highest BCUT2D eigenvalue weighted by molar-refractivity contribution is 7.17. The first-order chi connectivity index (χ1) is 29.3. The second kappa shape index (κ2) is 24.4. The van der Waals surface area contributed by atoms with Gasteiger partial charge in [-0.2, -0.15) is 0 Å². The molecule has 0 atom stereocenters. The first kappa shape index (κ1) is 46.2. The van der Waals surface area contributed by atoms with Crippen molar-refractivity contribution in [2.45, 2.75) is 103 Å². The number of benzene rings is 3. The molecule has 0 saturated heterocycles. The number of rotatable bonds is 27. The van der Waals surface area contributed by atoms with Crippen LogP contribution in [0.25, 0.3) is 32.6 Å². The molecule has 0 unspecified atom stereocenters. The van der Waals surface area contributed by atoms with Gasteiger partial charge in [-0.3, -0.25) is 19.6 Å². The number of hydrogen-bond donors (Lipinski definition) is 6. The number of amides is 2. The first-order valence-electron chi connectivity index (χ1n) is 21.8. The molecular weight excluding hydrogens is 773 g/mol. The van der Waals surface area contributed by atoms with Crippen LogP contribution in [-0.4, -0.2) is 70.1 Å². The van der Waals surface area contributed by atoms with Gasteiger partial charge < -0.3 is 31.8 Å². The molecule has 0 saturated carbocycles. The van der Waals surface area contributed by atoms with E-state index in [9.17, 15) is 24.7 Å². The fourth-order valence-corrected chi connectivity index (χ4v) is 8.94. The molecule has 0 radical (unpaired) electrons. The number of nitrogens with two attached hydrogens (primary N) is 3. The van der Waals surface area contributed by atoms with Gasteiger partial charge in [0.2, 0.25) is 11.7 Å². The molecule has 11 nitrogen and oxygen atoms in total. The Morgan fingerprint density at radius 2 is 1.25 bits per heavy atom. The van der Waals surface area contributed by atoms with Crippen molar-refractivity contribution >= 4 is 39.8 Å². The number of phenolic OH excluding ortho intramolecular Hbond substituents is 1. The summed E-state index contributed by atoms with van der Waals surface area (Å²) in [4.78, 5) is 43.5. The normalized spacial score (nSPS) is 11.3. The average Bonchev–Trinajstić information content (AvgIpc) is 3.85. The number of nitrogens with zero attached hydrogens (tertiary/aromatic N) is 2. The smallest absolute Gasteiger partial charge is 0.253 e. The summed E-state index contributed by atoms with van der Waals surface area (Å²) in [5.74, 6) is -0.660. The number of carbonyl (C=O) groups is 3.